The number of carbonyl (C=O) groups excluding carboxylic acids is 1. The lowest BCUT2D eigenvalue weighted by Crippen LogP contribution is -2.62. The Balaban J connectivity index is 1.85. The molecule has 7 unspecified atom stereocenters. The van der Waals surface area contributed by atoms with Crippen molar-refractivity contribution in [2.24, 2.45) is 23.2 Å². The first-order valence-corrected chi connectivity index (χ1v) is 8.89. The fraction of sp³-hybridized carbons (Fsp3) is 0.650. The molecule has 3 aliphatic carbocycles. The van der Waals surface area contributed by atoms with E-state index in [-0.39, 0.29) is 23.0 Å². The lowest BCUT2D eigenvalue weighted by molar-refractivity contribution is -0.172. The van der Waals surface area contributed by atoms with Gasteiger partial charge in [0.25, 0.3) is 0 Å². The summed E-state index contributed by atoms with van der Waals surface area (Å²) < 4.78 is 5.81. The van der Waals surface area contributed by atoms with Gasteiger partial charge in [0.15, 0.2) is 5.78 Å². The van der Waals surface area contributed by atoms with Crippen LogP contribution in [-0.4, -0.2) is 34.3 Å². The minimum absolute atomic E-state index is 0.0514. The Labute approximate surface area is 142 Å². The number of fused-ring (bicyclic) bond motifs is 4. The minimum atomic E-state index is -0.796. The summed E-state index contributed by atoms with van der Waals surface area (Å²) in [5.74, 6) is -0.478. The van der Waals surface area contributed by atoms with Crippen LogP contribution in [0.25, 0.3) is 0 Å². The summed E-state index contributed by atoms with van der Waals surface area (Å²) >= 11 is 0. The third-order valence-corrected chi connectivity index (χ3v) is 7.01. The molecule has 0 aromatic carbocycles. The fourth-order valence-corrected chi connectivity index (χ4v) is 5.56. The second kappa shape index (κ2) is 5.06. The van der Waals surface area contributed by atoms with Crippen LogP contribution in [0.1, 0.15) is 40.5 Å². The molecule has 24 heavy (non-hydrogen) atoms. The van der Waals surface area contributed by atoms with Crippen molar-refractivity contribution in [3.8, 4) is 0 Å². The van der Waals surface area contributed by atoms with Gasteiger partial charge >= 0.3 is 0 Å². The summed E-state index contributed by atoms with van der Waals surface area (Å²) in [7, 11) is 0. The average molecular weight is 330 g/mol. The van der Waals surface area contributed by atoms with Gasteiger partial charge in [0.2, 0.25) is 0 Å². The Morgan fingerprint density at radius 1 is 1.21 bits per heavy atom. The zero-order valence-electron chi connectivity index (χ0n) is 14.7. The smallest absolute Gasteiger partial charge is 0.162 e. The average Bonchev–Trinajstić information content (AvgIpc) is 2.92. The number of aliphatic hydroxyl groups excluding tert-OH is 2. The van der Waals surface area contributed by atoms with Gasteiger partial charge in [0.1, 0.15) is 6.10 Å². The zero-order chi connectivity index (χ0) is 17.4. The van der Waals surface area contributed by atoms with Crippen molar-refractivity contribution in [1.82, 2.24) is 0 Å². The Morgan fingerprint density at radius 3 is 2.62 bits per heavy atom. The molecule has 4 aliphatic rings. The molecule has 0 radical (unpaired) electrons. The molecule has 0 spiro atoms. The molecule has 7 atom stereocenters. The van der Waals surface area contributed by atoms with Crippen LogP contribution in [0, 0.1) is 23.2 Å². The molecule has 130 valence electrons. The van der Waals surface area contributed by atoms with Gasteiger partial charge in [0, 0.05) is 11.8 Å². The second-order valence-electron chi connectivity index (χ2n) is 8.25. The predicted molar refractivity (Wildman–Crippen MR) is 89.9 cm³/mol. The van der Waals surface area contributed by atoms with Gasteiger partial charge in [-0.15, -0.1) is 0 Å². The van der Waals surface area contributed by atoms with E-state index in [2.05, 4.69) is 20.8 Å². The highest BCUT2D eigenvalue weighted by Gasteiger charge is 2.62. The minimum Gasteiger partial charge on any atom is -0.492 e. The van der Waals surface area contributed by atoms with Gasteiger partial charge in [-0.05, 0) is 62.3 Å². The van der Waals surface area contributed by atoms with Crippen LogP contribution in [0.2, 0.25) is 0 Å². The van der Waals surface area contributed by atoms with E-state index in [4.69, 9.17) is 4.74 Å². The molecule has 0 amide bonds. The van der Waals surface area contributed by atoms with Crippen LogP contribution in [0.15, 0.2) is 34.6 Å². The molecule has 1 saturated carbocycles. The van der Waals surface area contributed by atoms with Gasteiger partial charge < -0.3 is 14.9 Å². The molecule has 4 nitrogen and oxygen atoms in total. The summed E-state index contributed by atoms with van der Waals surface area (Å²) in [6.07, 6.45) is 3.46. The highest BCUT2D eigenvalue weighted by Crippen LogP contribution is 2.58. The van der Waals surface area contributed by atoms with E-state index >= 15 is 0 Å². The Hall–Kier alpha value is -1.39. The van der Waals surface area contributed by atoms with Crippen LogP contribution >= 0.6 is 0 Å². The molecule has 1 heterocycles. The van der Waals surface area contributed by atoms with Crippen LogP contribution in [0.5, 0.6) is 0 Å². The molecule has 4 heteroatoms. The van der Waals surface area contributed by atoms with E-state index in [1.165, 1.54) is 11.1 Å². The van der Waals surface area contributed by atoms with Gasteiger partial charge in [-0.25, -0.2) is 0 Å². The second-order valence-corrected chi connectivity index (χ2v) is 8.25. The third kappa shape index (κ3) is 1.90. The van der Waals surface area contributed by atoms with Gasteiger partial charge in [0.05, 0.1) is 23.9 Å². The molecule has 1 fully saturated rings. The topological polar surface area (TPSA) is 66.8 Å². The largest absolute Gasteiger partial charge is 0.492 e. The number of rotatable bonds is 0. The van der Waals surface area contributed by atoms with E-state index in [1.807, 2.05) is 13.0 Å². The van der Waals surface area contributed by atoms with E-state index in [0.717, 1.165) is 24.2 Å². The van der Waals surface area contributed by atoms with Crippen LogP contribution < -0.4 is 0 Å². The Morgan fingerprint density at radius 2 is 1.92 bits per heavy atom. The zero-order valence-corrected chi connectivity index (χ0v) is 14.7. The Bertz CT molecular complexity index is 700. The molecule has 2 N–H and O–H groups in total. The van der Waals surface area contributed by atoms with Gasteiger partial charge in [-0.3, -0.25) is 4.79 Å². The van der Waals surface area contributed by atoms with Crippen molar-refractivity contribution >= 4 is 5.78 Å². The standard InChI is InChI=1S/C20H26O4/c1-9-5-6-20(4)13(11(9)3)8-14(21)15-16(20)18(23)19-12(17(15)22)7-10(2)24-19/h7-8,12,15-19,22-23H,5-6H2,1-4H3. The van der Waals surface area contributed by atoms with Crippen LogP contribution in [0.4, 0.5) is 0 Å². The first-order valence-electron chi connectivity index (χ1n) is 8.89. The Kier molecular flexibility index (Phi) is 3.39. The molecule has 0 bridgehead atoms. The molecular formula is C20H26O4. The summed E-state index contributed by atoms with van der Waals surface area (Å²) in [4.78, 5) is 12.9. The fourth-order valence-electron chi connectivity index (χ4n) is 5.56. The molecule has 0 aromatic heterocycles. The van der Waals surface area contributed by atoms with Crippen LogP contribution in [-0.2, 0) is 9.53 Å². The van der Waals surface area contributed by atoms with E-state index in [1.54, 1.807) is 6.08 Å². The number of carbonyl (C=O) groups is 1. The first kappa shape index (κ1) is 16.1. The first-order chi connectivity index (χ1) is 11.3. The van der Waals surface area contributed by atoms with Crippen molar-refractivity contribution in [2.45, 2.75) is 58.8 Å². The number of ether oxygens (including phenoxy) is 1. The lowest BCUT2D eigenvalue weighted by Gasteiger charge is -2.55. The maximum Gasteiger partial charge on any atom is 0.162 e. The number of hydrogen-bond acceptors (Lipinski definition) is 4. The summed E-state index contributed by atoms with van der Waals surface area (Å²) in [5.41, 5.74) is 3.22. The van der Waals surface area contributed by atoms with Crippen molar-refractivity contribution in [3.05, 3.63) is 34.6 Å². The summed E-state index contributed by atoms with van der Waals surface area (Å²) in [5, 5.41) is 22.0. The highest BCUT2D eigenvalue weighted by molar-refractivity contribution is 5.95. The number of hydrogen-bond donors (Lipinski definition) is 2. The SMILES string of the molecule is CC1=CC2C(O)C3C(=O)C=C4C(C)=C(C)CCC4(C)C3C(O)C2O1. The van der Waals surface area contributed by atoms with Crippen molar-refractivity contribution < 1.29 is 19.7 Å². The van der Waals surface area contributed by atoms with Gasteiger partial charge in [-0.2, -0.15) is 0 Å². The summed E-state index contributed by atoms with van der Waals surface area (Å²) in [6, 6.07) is 0. The normalized spacial score (nSPS) is 47.3. The third-order valence-electron chi connectivity index (χ3n) is 7.01. The number of aliphatic hydroxyl groups is 2. The molecule has 4 rings (SSSR count). The lowest BCUT2D eigenvalue weighted by atomic mass is 9.50. The highest BCUT2D eigenvalue weighted by atomic mass is 16.5. The van der Waals surface area contributed by atoms with E-state index < -0.39 is 24.2 Å². The van der Waals surface area contributed by atoms with E-state index in [9.17, 15) is 15.0 Å². The van der Waals surface area contributed by atoms with E-state index in [0.29, 0.717) is 0 Å². The molecular weight excluding hydrogens is 304 g/mol. The van der Waals surface area contributed by atoms with Crippen molar-refractivity contribution in [1.29, 1.82) is 0 Å². The van der Waals surface area contributed by atoms with Gasteiger partial charge in [-0.1, -0.05) is 12.5 Å². The molecule has 1 aliphatic heterocycles. The maximum absolute atomic E-state index is 12.9. The number of ketones is 1. The monoisotopic (exact) mass is 330 g/mol. The number of allylic oxidation sites excluding steroid dienone is 5. The van der Waals surface area contributed by atoms with Crippen molar-refractivity contribution in [2.75, 3.05) is 0 Å². The molecule has 0 aromatic rings. The van der Waals surface area contributed by atoms with Crippen molar-refractivity contribution in [3.63, 3.8) is 0 Å². The molecule has 0 saturated heterocycles. The summed E-state index contributed by atoms with van der Waals surface area (Å²) in [6.45, 7) is 8.16. The quantitative estimate of drug-likeness (QED) is 0.716. The predicted octanol–water partition coefficient (Wildman–Crippen LogP) is 2.52. The maximum atomic E-state index is 12.9. The van der Waals surface area contributed by atoms with Crippen LogP contribution in [0.3, 0.4) is 0 Å².